The Kier molecular flexibility index (Phi) is 5.41. The van der Waals surface area contributed by atoms with Crippen molar-refractivity contribution in [1.29, 1.82) is 0 Å². The van der Waals surface area contributed by atoms with Gasteiger partial charge in [-0.2, -0.15) is 0 Å². The molecule has 2 rings (SSSR count). The Bertz CT molecular complexity index is 444. The fourth-order valence-electron chi connectivity index (χ4n) is 2.67. The molecule has 0 fully saturated rings. The van der Waals surface area contributed by atoms with Crippen LogP contribution in [-0.2, 0) is 4.79 Å². The molecule has 0 spiro atoms. The van der Waals surface area contributed by atoms with Crippen LogP contribution in [0.4, 0.5) is 0 Å². The summed E-state index contributed by atoms with van der Waals surface area (Å²) in [4.78, 5) is 13.8. The van der Waals surface area contributed by atoms with Gasteiger partial charge >= 0.3 is 0 Å². The van der Waals surface area contributed by atoms with E-state index in [4.69, 9.17) is 4.74 Å². The van der Waals surface area contributed by atoms with Gasteiger partial charge in [-0.05, 0) is 31.9 Å². The van der Waals surface area contributed by atoms with Gasteiger partial charge in [-0.15, -0.1) is 0 Å². The summed E-state index contributed by atoms with van der Waals surface area (Å²) in [7, 11) is 0. The molecule has 1 aromatic rings. The first kappa shape index (κ1) is 14.9. The van der Waals surface area contributed by atoms with Crippen LogP contribution >= 0.6 is 0 Å². The topological polar surface area (TPSA) is 41.6 Å². The number of hydrogen-bond donors (Lipinski definition) is 1. The SMILES string of the molecule is CCN(CC)C(=O)CNCC1CCOc2ccccc21. The second kappa shape index (κ2) is 7.29. The Morgan fingerprint density at radius 2 is 2.10 bits per heavy atom. The Labute approximate surface area is 121 Å². The van der Waals surface area contributed by atoms with Gasteiger partial charge in [-0.25, -0.2) is 0 Å². The van der Waals surface area contributed by atoms with E-state index in [2.05, 4.69) is 11.4 Å². The summed E-state index contributed by atoms with van der Waals surface area (Å²) in [5, 5.41) is 3.30. The molecule has 1 N–H and O–H groups in total. The fourth-order valence-corrected chi connectivity index (χ4v) is 2.67. The molecule has 0 radical (unpaired) electrons. The van der Waals surface area contributed by atoms with Crippen molar-refractivity contribution >= 4 is 5.91 Å². The average molecular weight is 276 g/mol. The maximum absolute atomic E-state index is 11.9. The van der Waals surface area contributed by atoms with Gasteiger partial charge in [0.25, 0.3) is 0 Å². The molecule has 0 aromatic heterocycles. The summed E-state index contributed by atoms with van der Waals surface area (Å²) in [5.41, 5.74) is 1.25. The summed E-state index contributed by atoms with van der Waals surface area (Å²) >= 11 is 0. The largest absolute Gasteiger partial charge is 0.493 e. The van der Waals surface area contributed by atoms with Crippen molar-refractivity contribution in [2.75, 3.05) is 32.8 Å². The third-order valence-corrected chi connectivity index (χ3v) is 3.87. The summed E-state index contributed by atoms with van der Waals surface area (Å²) < 4.78 is 5.65. The number of amides is 1. The highest BCUT2D eigenvalue weighted by Crippen LogP contribution is 2.32. The average Bonchev–Trinajstić information content (AvgIpc) is 2.49. The monoisotopic (exact) mass is 276 g/mol. The first-order valence-electron chi connectivity index (χ1n) is 7.46. The van der Waals surface area contributed by atoms with Crippen LogP contribution in [0, 0.1) is 0 Å². The Morgan fingerprint density at radius 1 is 1.35 bits per heavy atom. The summed E-state index contributed by atoms with van der Waals surface area (Å²) in [6.07, 6.45) is 1.00. The molecule has 1 aliphatic heterocycles. The van der Waals surface area contributed by atoms with Crippen LogP contribution in [0.2, 0.25) is 0 Å². The van der Waals surface area contributed by atoms with Crippen LogP contribution < -0.4 is 10.1 Å². The van der Waals surface area contributed by atoms with Gasteiger partial charge < -0.3 is 15.0 Å². The smallest absolute Gasteiger partial charge is 0.236 e. The number of para-hydroxylation sites is 1. The van der Waals surface area contributed by atoms with Crippen LogP contribution in [0.25, 0.3) is 0 Å². The van der Waals surface area contributed by atoms with E-state index in [1.807, 2.05) is 36.9 Å². The van der Waals surface area contributed by atoms with Crippen molar-refractivity contribution < 1.29 is 9.53 Å². The van der Waals surface area contributed by atoms with Crippen molar-refractivity contribution in [3.05, 3.63) is 29.8 Å². The van der Waals surface area contributed by atoms with Crippen LogP contribution in [-0.4, -0.2) is 43.6 Å². The van der Waals surface area contributed by atoms with Crippen molar-refractivity contribution in [2.24, 2.45) is 0 Å². The minimum absolute atomic E-state index is 0.176. The number of nitrogens with one attached hydrogen (secondary N) is 1. The van der Waals surface area contributed by atoms with Gasteiger partial charge in [0.05, 0.1) is 13.2 Å². The third-order valence-electron chi connectivity index (χ3n) is 3.87. The lowest BCUT2D eigenvalue weighted by molar-refractivity contribution is -0.129. The molecule has 20 heavy (non-hydrogen) atoms. The molecule has 4 nitrogen and oxygen atoms in total. The normalized spacial score (nSPS) is 17.2. The number of hydrogen-bond acceptors (Lipinski definition) is 3. The Morgan fingerprint density at radius 3 is 2.85 bits per heavy atom. The first-order chi connectivity index (χ1) is 9.76. The summed E-state index contributed by atoms with van der Waals surface area (Å²) in [6.45, 7) is 7.57. The highest BCUT2D eigenvalue weighted by atomic mass is 16.5. The quantitative estimate of drug-likeness (QED) is 0.864. The van der Waals surface area contributed by atoms with Crippen molar-refractivity contribution in [3.8, 4) is 5.75 Å². The van der Waals surface area contributed by atoms with Gasteiger partial charge in [-0.1, -0.05) is 18.2 Å². The molecule has 1 atom stereocenters. The second-order valence-corrected chi connectivity index (χ2v) is 5.07. The molecule has 1 heterocycles. The lowest BCUT2D eigenvalue weighted by atomic mass is 9.93. The maximum Gasteiger partial charge on any atom is 0.236 e. The number of fused-ring (bicyclic) bond motifs is 1. The van der Waals surface area contributed by atoms with Crippen molar-refractivity contribution in [2.45, 2.75) is 26.2 Å². The molecule has 1 aromatic carbocycles. The first-order valence-corrected chi connectivity index (χ1v) is 7.46. The van der Waals surface area contributed by atoms with E-state index in [1.165, 1.54) is 5.56 Å². The number of likely N-dealkylation sites (N-methyl/N-ethyl adjacent to an activating group) is 1. The van der Waals surface area contributed by atoms with E-state index in [0.717, 1.165) is 38.4 Å². The number of carbonyl (C=O) groups is 1. The highest BCUT2D eigenvalue weighted by molar-refractivity contribution is 5.78. The number of nitrogens with zero attached hydrogens (tertiary/aromatic N) is 1. The molecule has 1 aliphatic rings. The Hall–Kier alpha value is -1.55. The van der Waals surface area contributed by atoms with Gasteiger partial charge in [0.1, 0.15) is 5.75 Å². The second-order valence-electron chi connectivity index (χ2n) is 5.07. The van der Waals surface area contributed by atoms with Crippen LogP contribution in [0.5, 0.6) is 5.75 Å². The van der Waals surface area contributed by atoms with Gasteiger partial charge in [0.15, 0.2) is 0 Å². The Balaban J connectivity index is 1.85. The summed E-state index contributed by atoms with van der Waals surface area (Å²) in [6, 6.07) is 8.18. The fraction of sp³-hybridized carbons (Fsp3) is 0.562. The zero-order chi connectivity index (χ0) is 14.4. The lowest BCUT2D eigenvalue weighted by Gasteiger charge is -2.26. The molecule has 0 aliphatic carbocycles. The molecule has 110 valence electrons. The van der Waals surface area contributed by atoms with Gasteiger partial charge in [0.2, 0.25) is 5.91 Å². The molecule has 4 heteroatoms. The van der Waals surface area contributed by atoms with E-state index in [-0.39, 0.29) is 5.91 Å². The number of carbonyl (C=O) groups excluding carboxylic acids is 1. The maximum atomic E-state index is 11.9. The molecular weight excluding hydrogens is 252 g/mol. The zero-order valence-corrected chi connectivity index (χ0v) is 12.4. The van der Waals surface area contributed by atoms with E-state index < -0.39 is 0 Å². The van der Waals surface area contributed by atoms with E-state index in [0.29, 0.717) is 12.5 Å². The van der Waals surface area contributed by atoms with Crippen molar-refractivity contribution in [3.63, 3.8) is 0 Å². The third kappa shape index (κ3) is 3.51. The van der Waals surface area contributed by atoms with E-state index >= 15 is 0 Å². The highest BCUT2D eigenvalue weighted by Gasteiger charge is 2.21. The number of rotatable bonds is 6. The predicted molar refractivity (Wildman–Crippen MR) is 80.1 cm³/mol. The molecule has 0 saturated heterocycles. The van der Waals surface area contributed by atoms with Crippen molar-refractivity contribution in [1.82, 2.24) is 10.2 Å². The van der Waals surface area contributed by atoms with Gasteiger partial charge in [-0.3, -0.25) is 4.79 Å². The van der Waals surface area contributed by atoms with Crippen LogP contribution in [0.3, 0.4) is 0 Å². The molecule has 1 amide bonds. The van der Waals surface area contributed by atoms with Gasteiger partial charge in [0, 0.05) is 25.6 Å². The predicted octanol–water partition coefficient (Wildman–Crippen LogP) is 2.01. The molecular formula is C16H24N2O2. The molecule has 1 unspecified atom stereocenters. The number of ether oxygens (including phenoxy) is 1. The number of benzene rings is 1. The molecule has 0 bridgehead atoms. The zero-order valence-electron chi connectivity index (χ0n) is 12.4. The minimum atomic E-state index is 0.176. The standard InChI is InChI=1S/C16H24N2O2/c1-3-18(4-2)16(19)12-17-11-13-9-10-20-15-8-6-5-7-14(13)15/h5-8,13,17H,3-4,9-12H2,1-2H3. The van der Waals surface area contributed by atoms with E-state index in [9.17, 15) is 4.79 Å². The van der Waals surface area contributed by atoms with Crippen LogP contribution in [0.1, 0.15) is 31.7 Å². The van der Waals surface area contributed by atoms with E-state index in [1.54, 1.807) is 0 Å². The summed E-state index contributed by atoms with van der Waals surface area (Å²) in [5.74, 6) is 1.60. The minimum Gasteiger partial charge on any atom is -0.493 e. The molecule has 0 saturated carbocycles. The lowest BCUT2D eigenvalue weighted by Crippen LogP contribution is -2.39. The van der Waals surface area contributed by atoms with Crippen LogP contribution in [0.15, 0.2) is 24.3 Å².